The van der Waals surface area contributed by atoms with Gasteiger partial charge in [0, 0.05) is 38.5 Å². The third kappa shape index (κ3) is 5.80. The molecule has 0 saturated carbocycles. The minimum atomic E-state index is -0.570. The van der Waals surface area contributed by atoms with E-state index in [0.717, 1.165) is 55.5 Å². The Hall–Kier alpha value is -8.72. The molecule has 0 fully saturated rings. The first kappa shape index (κ1) is 40.4. The van der Waals surface area contributed by atoms with E-state index in [-0.39, 0.29) is 5.41 Å². The maximum atomic E-state index is 7.09. The number of fused-ring (bicyclic) bond motifs is 11. The molecule has 14 rings (SSSR count). The first-order valence-electron chi connectivity index (χ1n) is 24.4. The van der Waals surface area contributed by atoms with Crippen LogP contribution in [0.25, 0.3) is 77.2 Å². The molecule has 11 aromatic carbocycles. The van der Waals surface area contributed by atoms with E-state index >= 15 is 0 Å². The van der Waals surface area contributed by atoms with Gasteiger partial charge in [-0.25, -0.2) is 0 Å². The normalized spacial score (nSPS) is 13.8. The van der Waals surface area contributed by atoms with E-state index in [1.54, 1.807) is 0 Å². The summed E-state index contributed by atoms with van der Waals surface area (Å²) in [5.41, 5.74) is 21.6. The maximum absolute atomic E-state index is 7.09. The molecule has 1 aromatic heterocycles. The molecule has 0 saturated heterocycles. The van der Waals surface area contributed by atoms with Crippen LogP contribution in [0.3, 0.4) is 0 Å². The van der Waals surface area contributed by atoms with Gasteiger partial charge in [-0.2, -0.15) is 0 Å². The molecule has 2 aliphatic rings. The fraction of sp³-hybridized carbons (Fsp3) is 0.0588. The predicted molar refractivity (Wildman–Crippen MR) is 292 cm³/mol. The molecule has 0 N–H and O–H groups in total. The summed E-state index contributed by atoms with van der Waals surface area (Å²) >= 11 is 0. The molecule has 0 radical (unpaired) electrons. The number of furan rings is 1. The summed E-state index contributed by atoms with van der Waals surface area (Å²) in [6, 6.07) is 91.9. The lowest BCUT2D eigenvalue weighted by Crippen LogP contribution is -2.28. The minimum absolute atomic E-state index is 0.204. The zero-order valence-corrected chi connectivity index (χ0v) is 39.0. The zero-order chi connectivity index (χ0) is 46.6. The lowest BCUT2D eigenvalue weighted by atomic mass is 9.67. The van der Waals surface area contributed by atoms with Crippen LogP contribution < -0.4 is 4.90 Å². The van der Waals surface area contributed by atoms with Crippen molar-refractivity contribution in [3.8, 4) is 44.5 Å². The summed E-state index contributed by atoms with van der Waals surface area (Å²) in [7, 11) is 0. The lowest BCUT2D eigenvalue weighted by Gasteiger charge is -2.35. The van der Waals surface area contributed by atoms with E-state index in [2.05, 4.69) is 267 Å². The van der Waals surface area contributed by atoms with Crippen LogP contribution in [0.1, 0.15) is 47.2 Å². The van der Waals surface area contributed by atoms with Gasteiger partial charge in [-0.15, -0.1) is 0 Å². The van der Waals surface area contributed by atoms with Crippen LogP contribution >= 0.6 is 0 Å². The van der Waals surface area contributed by atoms with Gasteiger partial charge in [0.15, 0.2) is 0 Å². The van der Waals surface area contributed by atoms with Crippen molar-refractivity contribution in [2.45, 2.75) is 24.7 Å². The largest absolute Gasteiger partial charge is 0.455 e. The van der Waals surface area contributed by atoms with Gasteiger partial charge in [-0.3, -0.25) is 0 Å². The summed E-state index contributed by atoms with van der Waals surface area (Å²) in [6.07, 6.45) is 0. The summed E-state index contributed by atoms with van der Waals surface area (Å²) in [6.45, 7) is 4.75. The van der Waals surface area contributed by atoms with Gasteiger partial charge in [-0.1, -0.05) is 220 Å². The van der Waals surface area contributed by atoms with E-state index in [1.807, 2.05) is 0 Å². The minimum Gasteiger partial charge on any atom is -0.455 e. The Morgan fingerprint density at radius 2 is 0.814 bits per heavy atom. The molecule has 2 aliphatic carbocycles. The van der Waals surface area contributed by atoms with Crippen molar-refractivity contribution >= 4 is 49.8 Å². The van der Waals surface area contributed by atoms with Crippen molar-refractivity contribution in [1.29, 1.82) is 0 Å². The Morgan fingerprint density at radius 1 is 0.329 bits per heavy atom. The summed E-state index contributed by atoms with van der Waals surface area (Å²) in [5, 5.41) is 4.44. The second-order valence-corrected chi connectivity index (χ2v) is 19.5. The molecule has 0 unspecified atom stereocenters. The first-order chi connectivity index (χ1) is 34.5. The number of benzene rings is 11. The Labute approximate surface area is 408 Å². The average Bonchev–Trinajstić information content (AvgIpc) is 4.02. The third-order valence-corrected chi connectivity index (χ3v) is 15.5. The maximum Gasteiger partial charge on any atom is 0.143 e. The monoisotopic (exact) mass is 893 g/mol. The highest BCUT2D eigenvalue weighted by Gasteiger charge is 2.46. The molecule has 0 bridgehead atoms. The SMILES string of the molecule is CC1(C)c2ccccc2-c2ccc(N(c3ccc4c(c3)C(c3ccccc3)(c3ccccc3)c3ccccc3-4)c3cc4c(cc3-c3ccccc3)oc3c5ccccc5c(-c5ccccc5)cc43)cc21. The van der Waals surface area contributed by atoms with E-state index in [9.17, 15) is 0 Å². The van der Waals surface area contributed by atoms with Crippen molar-refractivity contribution in [1.82, 2.24) is 0 Å². The summed E-state index contributed by atoms with van der Waals surface area (Å²) in [4.78, 5) is 2.53. The highest BCUT2D eigenvalue weighted by molar-refractivity contribution is 6.20. The van der Waals surface area contributed by atoms with E-state index in [0.29, 0.717) is 0 Å². The number of anilines is 3. The number of hydrogen-bond donors (Lipinski definition) is 0. The van der Waals surface area contributed by atoms with Crippen LogP contribution in [-0.2, 0) is 10.8 Å². The van der Waals surface area contributed by atoms with E-state index in [4.69, 9.17) is 4.42 Å². The Bertz CT molecular complexity index is 3980. The molecular weight excluding hydrogens is 847 g/mol. The van der Waals surface area contributed by atoms with Crippen LogP contribution in [0.15, 0.2) is 253 Å². The smallest absolute Gasteiger partial charge is 0.143 e. The molecule has 12 aromatic rings. The van der Waals surface area contributed by atoms with Crippen LogP contribution in [0, 0.1) is 0 Å². The molecule has 330 valence electrons. The van der Waals surface area contributed by atoms with Gasteiger partial charge in [0.2, 0.25) is 0 Å². The van der Waals surface area contributed by atoms with Crippen LogP contribution in [0.4, 0.5) is 17.1 Å². The van der Waals surface area contributed by atoms with Crippen molar-refractivity contribution in [3.05, 3.63) is 282 Å². The second-order valence-electron chi connectivity index (χ2n) is 19.5. The van der Waals surface area contributed by atoms with Gasteiger partial charge in [0.05, 0.1) is 11.1 Å². The highest BCUT2D eigenvalue weighted by Crippen LogP contribution is 2.58. The number of rotatable bonds is 7. The second kappa shape index (κ2) is 15.4. The number of nitrogens with zero attached hydrogens (tertiary/aromatic N) is 1. The fourth-order valence-electron chi connectivity index (χ4n) is 12.4. The molecular formula is C68H47NO. The standard InChI is InChI=1S/C68H47NO/c1-67(2)60-33-19-17-30-51(60)53-37-35-48(39-62(53)67)69(49-36-38-54-52-31-18-20-34-61(52)68(63(54)40-49,46-25-11-5-12-26-46)47-27-13-6-14-28-47)64-42-58-59-41-56(44-21-7-3-8-22-44)50-29-15-16-32-55(50)66(59)70-65(58)43-57(64)45-23-9-4-10-24-45/h3-43H,1-2H3. The van der Waals surface area contributed by atoms with Crippen molar-refractivity contribution < 1.29 is 4.42 Å². The van der Waals surface area contributed by atoms with Crippen LogP contribution in [0.2, 0.25) is 0 Å². The number of hydrogen-bond acceptors (Lipinski definition) is 2. The summed E-state index contributed by atoms with van der Waals surface area (Å²) in [5.74, 6) is 0. The average molecular weight is 894 g/mol. The van der Waals surface area contributed by atoms with Gasteiger partial charge < -0.3 is 9.32 Å². The molecule has 0 amide bonds. The zero-order valence-electron chi connectivity index (χ0n) is 39.0. The molecule has 2 nitrogen and oxygen atoms in total. The molecule has 0 spiro atoms. The van der Waals surface area contributed by atoms with E-state index in [1.165, 1.54) is 72.1 Å². The topological polar surface area (TPSA) is 16.4 Å². The van der Waals surface area contributed by atoms with Crippen molar-refractivity contribution in [3.63, 3.8) is 0 Å². The van der Waals surface area contributed by atoms with E-state index < -0.39 is 5.41 Å². The van der Waals surface area contributed by atoms with Gasteiger partial charge in [0.25, 0.3) is 0 Å². The molecule has 70 heavy (non-hydrogen) atoms. The lowest BCUT2D eigenvalue weighted by molar-refractivity contribution is 0.660. The third-order valence-electron chi connectivity index (χ3n) is 15.5. The van der Waals surface area contributed by atoms with Crippen molar-refractivity contribution in [2.24, 2.45) is 0 Å². The van der Waals surface area contributed by atoms with Crippen molar-refractivity contribution in [2.75, 3.05) is 4.90 Å². The Morgan fingerprint density at radius 3 is 1.46 bits per heavy atom. The molecule has 0 atom stereocenters. The predicted octanol–water partition coefficient (Wildman–Crippen LogP) is 18.2. The van der Waals surface area contributed by atoms with Gasteiger partial charge in [0.1, 0.15) is 11.2 Å². The molecule has 1 heterocycles. The molecule has 0 aliphatic heterocycles. The summed E-state index contributed by atoms with van der Waals surface area (Å²) < 4.78 is 7.09. The van der Waals surface area contributed by atoms with Crippen LogP contribution in [0.5, 0.6) is 0 Å². The fourth-order valence-corrected chi connectivity index (χ4v) is 12.4. The first-order valence-corrected chi connectivity index (χ1v) is 24.4. The van der Waals surface area contributed by atoms with Gasteiger partial charge in [-0.05, 0) is 120 Å². The molecule has 2 heteroatoms. The Kier molecular flexibility index (Phi) is 8.88. The van der Waals surface area contributed by atoms with Crippen LogP contribution in [-0.4, -0.2) is 0 Å². The van der Waals surface area contributed by atoms with Gasteiger partial charge >= 0.3 is 0 Å². The Balaban J connectivity index is 1.10. The highest BCUT2D eigenvalue weighted by atomic mass is 16.3. The quantitative estimate of drug-likeness (QED) is 0.158.